The van der Waals surface area contributed by atoms with Crippen molar-refractivity contribution in [3.8, 4) is 5.75 Å². The number of ether oxygens (including phenoxy) is 1. The normalized spacial score (nSPS) is 19.2. The van der Waals surface area contributed by atoms with Crippen LogP contribution in [-0.2, 0) is 4.79 Å². The minimum Gasteiger partial charge on any atom is -0.497 e. The number of nitrogens with one attached hydrogen (secondary N) is 2. The van der Waals surface area contributed by atoms with Crippen molar-refractivity contribution in [1.29, 1.82) is 0 Å². The highest BCUT2D eigenvalue weighted by Crippen LogP contribution is 2.27. The molecular formula is C24H21ClN3O3+. The Morgan fingerprint density at radius 1 is 1.03 bits per heavy atom. The molecule has 2 amide bonds. The fourth-order valence-electron chi connectivity index (χ4n) is 3.51. The van der Waals surface area contributed by atoms with Crippen molar-refractivity contribution in [2.24, 2.45) is 0 Å². The SMILES string of the molecule is COc1ccc(C(=O)N[C@@H]2C(=O)N/[N+](=C\c3ccccc3)[C@H]2c2ccc(Cl)cc2)cc1. The van der Waals surface area contributed by atoms with Crippen molar-refractivity contribution in [2.75, 3.05) is 7.11 Å². The molecule has 4 rings (SSSR count). The molecular weight excluding hydrogens is 414 g/mol. The van der Waals surface area contributed by atoms with Crippen LogP contribution < -0.4 is 15.5 Å². The molecule has 1 aliphatic heterocycles. The van der Waals surface area contributed by atoms with Gasteiger partial charge in [0.05, 0.1) is 7.11 Å². The Kier molecular flexibility index (Phi) is 6.00. The second-order valence-corrected chi connectivity index (χ2v) is 7.54. The summed E-state index contributed by atoms with van der Waals surface area (Å²) in [6.45, 7) is 0. The Morgan fingerprint density at radius 3 is 2.35 bits per heavy atom. The maximum atomic E-state index is 12.9. The molecule has 0 aromatic heterocycles. The summed E-state index contributed by atoms with van der Waals surface area (Å²) in [6, 6.07) is 22.4. The summed E-state index contributed by atoms with van der Waals surface area (Å²) in [5.74, 6) is 0.00940. The molecule has 31 heavy (non-hydrogen) atoms. The van der Waals surface area contributed by atoms with Gasteiger partial charge in [-0.15, -0.1) is 10.1 Å². The van der Waals surface area contributed by atoms with Crippen molar-refractivity contribution in [1.82, 2.24) is 10.7 Å². The van der Waals surface area contributed by atoms with E-state index >= 15 is 0 Å². The Labute approximate surface area is 185 Å². The zero-order valence-electron chi connectivity index (χ0n) is 16.8. The maximum Gasteiger partial charge on any atom is 0.304 e. The lowest BCUT2D eigenvalue weighted by Gasteiger charge is -2.15. The van der Waals surface area contributed by atoms with Crippen LogP contribution >= 0.6 is 11.6 Å². The molecule has 0 bridgehead atoms. The van der Waals surface area contributed by atoms with E-state index in [0.717, 1.165) is 11.1 Å². The minimum absolute atomic E-state index is 0.297. The van der Waals surface area contributed by atoms with E-state index in [1.54, 1.807) is 48.2 Å². The largest absolute Gasteiger partial charge is 0.497 e. The maximum absolute atomic E-state index is 12.9. The number of hydrogen-bond donors (Lipinski definition) is 2. The summed E-state index contributed by atoms with van der Waals surface area (Å²) in [7, 11) is 1.56. The number of rotatable bonds is 5. The number of methoxy groups -OCH3 is 1. The van der Waals surface area contributed by atoms with Gasteiger partial charge in [-0.25, -0.2) is 0 Å². The predicted octanol–water partition coefficient (Wildman–Crippen LogP) is 3.36. The monoisotopic (exact) mass is 434 g/mol. The van der Waals surface area contributed by atoms with Crippen LogP contribution in [0.4, 0.5) is 0 Å². The van der Waals surface area contributed by atoms with Crippen molar-refractivity contribution >= 4 is 29.6 Å². The van der Waals surface area contributed by atoms with E-state index < -0.39 is 12.1 Å². The molecule has 1 aliphatic rings. The molecule has 0 saturated carbocycles. The van der Waals surface area contributed by atoms with Crippen molar-refractivity contribution in [3.05, 3.63) is 101 Å². The molecule has 6 nitrogen and oxygen atoms in total. The summed E-state index contributed by atoms with van der Waals surface area (Å²) >= 11 is 6.05. The summed E-state index contributed by atoms with van der Waals surface area (Å²) in [6.07, 6.45) is 1.84. The van der Waals surface area contributed by atoms with Crippen LogP contribution in [0.5, 0.6) is 5.75 Å². The summed E-state index contributed by atoms with van der Waals surface area (Å²) in [4.78, 5) is 25.7. The summed E-state index contributed by atoms with van der Waals surface area (Å²) < 4.78 is 6.86. The predicted molar refractivity (Wildman–Crippen MR) is 118 cm³/mol. The highest BCUT2D eigenvalue weighted by molar-refractivity contribution is 6.30. The number of carbonyl (C=O) groups excluding carboxylic acids is 2. The van der Waals surface area contributed by atoms with E-state index in [9.17, 15) is 9.59 Å². The smallest absolute Gasteiger partial charge is 0.304 e. The average molecular weight is 435 g/mol. The number of carbonyl (C=O) groups is 2. The Bertz CT molecular complexity index is 1110. The van der Waals surface area contributed by atoms with Gasteiger partial charge >= 0.3 is 5.91 Å². The topological polar surface area (TPSA) is 70.4 Å². The van der Waals surface area contributed by atoms with Crippen LogP contribution in [0.3, 0.4) is 0 Å². The molecule has 3 aromatic rings. The number of halogens is 1. The zero-order valence-corrected chi connectivity index (χ0v) is 17.5. The number of nitrogens with zero attached hydrogens (tertiary/aromatic N) is 1. The van der Waals surface area contributed by atoms with Gasteiger partial charge in [-0.1, -0.05) is 41.9 Å². The van der Waals surface area contributed by atoms with Gasteiger partial charge in [0.2, 0.25) is 12.3 Å². The second-order valence-electron chi connectivity index (χ2n) is 7.10. The number of hydrazine groups is 1. The molecule has 0 radical (unpaired) electrons. The fourth-order valence-corrected chi connectivity index (χ4v) is 3.63. The van der Waals surface area contributed by atoms with E-state index in [1.807, 2.05) is 48.7 Å². The number of hydrazone groups is 1. The minimum atomic E-state index is -0.796. The first-order chi connectivity index (χ1) is 15.0. The molecule has 0 spiro atoms. The Morgan fingerprint density at radius 2 is 1.71 bits per heavy atom. The van der Waals surface area contributed by atoms with Gasteiger partial charge in [-0.05, 0) is 48.5 Å². The van der Waals surface area contributed by atoms with E-state index in [-0.39, 0.29) is 11.8 Å². The van der Waals surface area contributed by atoms with Gasteiger partial charge in [0.1, 0.15) is 5.75 Å². The molecule has 0 unspecified atom stereocenters. The van der Waals surface area contributed by atoms with Crippen LogP contribution in [0.25, 0.3) is 0 Å². The van der Waals surface area contributed by atoms with Gasteiger partial charge < -0.3 is 10.1 Å². The van der Waals surface area contributed by atoms with Gasteiger partial charge in [0.15, 0.2) is 6.04 Å². The van der Waals surface area contributed by atoms with Gasteiger partial charge in [0.25, 0.3) is 5.91 Å². The highest BCUT2D eigenvalue weighted by atomic mass is 35.5. The van der Waals surface area contributed by atoms with E-state index in [0.29, 0.717) is 16.3 Å². The third-order valence-corrected chi connectivity index (χ3v) is 5.33. The summed E-state index contributed by atoms with van der Waals surface area (Å²) in [5, 5.41) is 3.47. The Hall–Kier alpha value is -3.64. The van der Waals surface area contributed by atoms with Crippen LogP contribution in [0.1, 0.15) is 27.5 Å². The van der Waals surface area contributed by atoms with Crippen molar-refractivity contribution < 1.29 is 19.0 Å². The highest BCUT2D eigenvalue weighted by Gasteiger charge is 2.47. The first-order valence-electron chi connectivity index (χ1n) is 9.74. The standard InChI is InChI=1S/C24H20ClN3O3/c1-31-20-13-9-18(10-14-20)23(29)26-21-22(17-7-11-19(25)12-8-17)28(27-24(21)30)15-16-5-3-2-4-6-16/h2-15,21-22H,1H3,(H-,26,27,29,30)/p+1/b28-15-/t21-,22-/m0/s1. The molecule has 1 saturated heterocycles. The average Bonchev–Trinajstić information content (AvgIpc) is 3.09. The molecule has 1 heterocycles. The van der Waals surface area contributed by atoms with E-state index in [4.69, 9.17) is 16.3 Å². The van der Waals surface area contributed by atoms with Crippen molar-refractivity contribution in [2.45, 2.75) is 12.1 Å². The third-order valence-electron chi connectivity index (χ3n) is 5.08. The quantitative estimate of drug-likeness (QED) is 0.605. The van der Waals surface area contributed by atoms with Gasteiger partial charge in [0, 0.05) is 21.7 Å². The van der Waals surface area contributed by atoms with Crippen LogP contribution in [0.15, 0.2) is 78.9 Å². The molecule has 0 aliphatic carbocycles. The van der Waals surface area contributed by atoms with Crippen LogP contribution in [0.2, 0.25) is 5.02 Å². The number of benzene rings is 3. The fraction of sp³-hybridized carbons (Fsp3) is 0.125. The first-order valence-corrected chi connectivity index (χ1v) is 10.1. The molecule has 1 fully saturated rings. The lowest BCUT2D eigenvalue weighted by Crippen LogP contribution is -2.42. The number of amides is 2. The molecule has 3 aromatic carbocycles. The van der Waals surface area contributed by atoms with E-state index in [1.165, 1.54) is 0 Å². The second kappa shape index (κ2) is 9.02. The summed E-state index contributed by atoms with van der Waals surface area (Å²) in [5.41, 5.74) is 5.06. The molecule has 156 valence electrons. The Balaban J connectivity index is 1.67. The van der Waals surface area contributed by atoms with E-state index in [2.05, 4.69) is 10.7 Å². The van der Waals surface area contributed by atoms with Gasteiger partial charge in [-0.2, -0.15) is 0 Å². The number of hydrogen-bond acceptors (Lipinski definition) is 3. The first kappa shape index (κ1) is 20.6. The molecule has 7 heteroatoms. The zero-order chi connectivity index (χ0) is 21.8. The van der Waals surface area contributed by atoms with Crippen LogP contribution in [-0.4, -0.2) is 35.9 Å². The lowest BCUT2D eigenvalue weighted by atomic mass is 9.99. The van der Waals surface area contributed by atoms with Crippen LogP contribution in [0, 0.1) is 0 Å². The van der Waals surface area contributed by atoms with Gasteiger partial charge in [-0.3, -0.25) is 9.59 Å². The third kappa shape index (κ3) is 4.59. The molecule has 2 N–H and O–H groups in total. The van der Waals surface area contributed by atoms with Crippen molar-refractivity contribution in [3.63, 3.8) is 0 Å². The lowest BCUT2D eigenvalue weighted by molar-refractivity contribution is -0.596. The molecule has 2 atom stereocenters.